The van der Waals surface area contributed by atoms with Crippen LogP contribution in [0, 0.1) is 0 Å². The van der Waals surface area contributed by atoms with Gasteiger partial charge in [0.1, 0.15) is 0 Å². The quantitative estimate of drug-likeness (QED) is 0.148. The Balaban J connectivity index is 2.88. The van der Waals surface area contributed by atoms with Crippen LogP contribution in [0.5, 0.6) is 0 Å². The molecule has 1 amide bonds. The van der Waals surface area contributed by atoms with Gasteiger partial charge in [-0.05, 0) is 19.4 Å². The Bertz CT molecular complexity index is 653. The van der Waals surface area contributed by atoms with Crippen molar-refractivity contribution in [3.8, 4) is 0 Å². The first-order chi connectivity index (χ1) is 16.2. The lowest BCUT2D eigenvalue weighted by atomic mass is 10.2. The molecule has 34 heavy (non-hydrogen) atoms. The Hall–Kier alpha value is -2.36. The summed E-state index contributed by atoms with van der Waals surface area (Å²) in [5.74, 6) is 1.85. The molecule has 196 valence electrons. The van der Waals surface area contributed by atoms with Gasteiger partial charge < -0.3 is 25.5 Å². The van der Waals surface area contributed by atoms with Gasteiger partial charge in [-0.25, -0.2) is 5.90 Å². The fourth-order valence-corrected chi connectivity index (χ4v) is 3.76. The van der Waals surface area contributed by atoms with E-state index in [0.717, 1.165) is 0 Å². The lowest BCUT2D eigenvalue weighted by Crippen LogP contribution is -2.46. The standard InChI is InChI=1S/C20H38N6O8/c21-34-12-3-22-17(27)13-23-4-1-5-25(15-19(30)31)10-11-26(16-20(32)33)7-2-6-24(9-8-23)14-18(28)29/h1-16,21H2,(H,22,27)(H,28,29)(H,30,31)(H,32,33). The lowest BCUT2D eigenvalue weighted by Gasteiger charge is -2.30. The predicted octanol–water partition coefficient (Wildman–Crippen LogP) is -2.75. The number of carbonyl (C=O) groups is 4. The number of carboxylic acid groups (broad SMARTS) is 3. The number of nitrogens with two attached hydrogens (primary N) is 1. The van der Waals surface area contributed by atoms with E-state index in [2.05, 4.69) is 10.2 Å². The second-order valence-corrected chi connectivity index (χ2v) is 8.21. The first-order valence-corrected chi connectivity index (χ1v) is 11.3. The third kappa shape index (κ3) is 14.7. The summed E-state index contributed by atoms with van der Waals surface area (Å²) < 4.78 is 0. The molecular weight excluding hydrogens is 452 g/mol. The van der Waals surface area contributed by atoms with E-state index in [0.29, 0.717) is 65.2 Å². The molecule has 0 aromatic heterocycles. The van der Waals surface area contributed by atoms with Gasteiger partial charge in [-0.2, -0.15) is 0 Å². The molecule has 1 rings (SSSR count). The van der Waals surface area contributed by atoms with Crippen LogP contribution < -0.4 is 11.2 Å². The van der Waals surface area contributed by atoms with E-state index in [9.17, 15) is 34.5 Å². The molecule has 1 aliphatic heterocycles. The number of hydrogen-bond donors (Lipinski definition) is 5. The average molecular weight is 491 g/mol. The zero-order valence-corrected chi connectivity index (χ0v) is 19.6. The van der Waals surface area contributed by atoms with Gasteiger partial charge in [0, 0.05) is 52.4 Å². The van der Waals surface area contributed by atoms with E-state index in [1.54, 1.807) is 14.7 Å². The van der Waals surface area contributed by atoms with Crippen LogP contribution in [0.2, 0.25) is 0 Å². The van der Waals surface area contributed by atoms with Crippen LogP contribution in [0.25, 0.3) is 0 Å². The van der Waals surface area contributed by atoms with Gasteiger partial charge in [-0.3, -0.25) is 38.8 Å². The van der Waals surface area contributed by atoms with E-state index < -0.39 is 17.9 Å². The van der Waals surface area contributed by atoms with E-state index in [4.69, 9.17) is 5.90 Å². The van der Waals surface area contributed by atoms with Crippen LogP contribution in [-0.2, 0) is 24.0 Å². The molecule has 1 heterocycles. The van der Waals surface area contributed by atoms with Crippen LogP contribution in [0.15, 0.2) is 0 Å². The second-order valence-electron chi connectivity index (χ2n) is 8.21. The van der Waals surface area contributed by atoms with Crippen molar-refractivity contribution in [1.82, 2.24) is 24.9 Å². The summed E-state index contributed by atoms with van der Waals surface area (Å²) in [5.41, 5.74) is 0. The maximum Gasteiger partial charge on any atom is 0.317 e. The van der Waals surface area contributed by atoms with Crippen LogP contribution in [0.1, 0.15) is 12.8 Å². The van der Waals surface area contributed by atoms with Crippen LogP contribution in [0.3, 0.4) is 0 Å². The van der Waals surface area contributed by atoms with Crippen molar-refractivity contribution in [2.75, 3.05) is 91.7 Å². The molecule has 0 bridgehead atoms. The van der Waals surface area contributed by atoms with E-state index in [1.165, 1.54) is 0 Å². The number of carbonyl (C=O) groups excluding carboxylic acids is 1. The number of carboxylic acids is 3. The number of amides is 1. The molecule has 0 aromatic rings. The van der Waals surface area contributed by atoms with Gasteiger partial charge in [0.2, 0.25) is 5.91 Å². The van der Waals surface area contributed by atoms with Crippen molar-refractivity contribution in [3.05, 3.63) is 0 Å². The van der Waals surface area contributed by atoms with Gasteiger partial charge >= 0.3 is 17.9 Å². The SMILES string of the molecule is NOCCNC(=O)CN1CCCN(CC(=O)O)CCN(CC(=O)O)CCCN(CC(=O)O)CC1. The number of nitrogens with zero attached hydrogens (tertiary/aromatic N) is 4. The smallest absolute Gasteiger partial charge is 0.317 e. The van der Waals surface area contributed by atoms with E-state index in [-0.39, 0.29) is 45.2 Å². The number of aliphatic carboxylic acids is 3. The Morgan fingerprint density at radius 3 is 1.32 bits per heavy atom. The topological polar surface area (TPSA) is 189 Å². The highest BCUT2D eigenvalue weighted by atomic mass is 16.6. The lowest BCUT2D eigenvalue weighted by molar-refractivity contribution is -0.140. The molecule has 0 aromatic carbocycles. The zero-order valence-electron chi connectivity index (χ0n) is 19.6. The summed E-state index contributed by atoms with van der Waals surface area (Å²) in [7, 11) is 0. The summed E-state index contributed by atoms with van der Waals surface area (Å²) in [4.78, 5) is 57.7. The van der Waals surface area contributed by atoms with Crippen molar-refractivity contribution in [2.45, 2.75) is 12.8 Å². The third-order valence-corrected chi connectivity index (χ3v) is 5.35. The van der Waals surface area contributed by atoms with Crippen LogP contribution in [0.4, 0.5) is 0 Å². The highest BCUT2D eigenvalue weighted by molar-refractivity contribution is 5.78. The number of nitrogens with one attached hydrogen (secondary N) is 1. The Morgan fingerprint density at radius 2 is 1.00 bits per heavy atom. The second kappa shape index (κ2) is 17.1. The Labute approximate surface area is 199 Å². The maximum absolute atomic E-state index is 12.3. The number of rotatable bonds is 11. The third-order valence-electron chi connectivity index (χ3n) is 5.35. The maximum atomic E-state index is 12.3. The monoisotopic (exact) mass is 490 g/mol. The summed E-state index contributed by atoms with van der Waals surface area (Å²) >= 11 is 0. The molecule has 0 atom stereocenters. The molecule has 1 fully saturated rings. The van der Waals surface area contributed by atoms with E-state index >= 15 is 0 Å². The molecule has 1 aliphatic rings. The first kappa shape index (κ1) is 29.7. The average Bonchev–Trinajstić information content (AvgIpc) is 2.73. The minimum atomic E-state index is -0.972. The largest absolute Gasteiger partial charge is 0.480 e. The van der Waals surface area contributed by atoms with Crippen molar-refractivity contribution in [1.29, 1.82) is 0 Å². The molecule has 0 aliphatic carbocycles. The summed E-state index contributed by atoms with van der Waals surface area (Å²) in [5, 5.41) is 30.4. The molecule has 0 radical (unpaired) electrons. The molecule has 0 spiro atoms. The molecule has 14 heteroatoms. The highest BCUT2D eigenvalue weighted by Crippen LogP contribution is 2.03. The molecule has 1 saturated heterocycles. The first-order valence-electron chi connectivity index (χ1n) is 11.3. The Morgan fingerprint density at radius 1 is 0.647 bits per heavy atom. The fraction of sp³-hybridized carbons (Fsp3) is 0.800. The molecule has 0 unspecified atom stereocenters. The van der Waals surface area contributed by atoms with Gasteiger partial charge in [-0.1, -0.05) is 0 Å². The minimum Gasteiger partial charge on any atom is -0.480 e. The number of hydrogen-bond acceptors (Lipinski definition) is 10. The zero-order chi connectivity index (χ0) is 25.3. The van der Waals surface area contributed by atoms with Crippen LogP contribution >= 0.6 is 0 Å². The van der Waals surface area contributed by atoms with Crippen LogP contribution in [-0.4, -0.2) is 150 Å². The normalized spacial score (nSPS) is 18.7. The molecule has 14 nitrogen and oxygen atoms in total. The van der Waals surface area contributed by atoms with Crippen molar-refractivity contribution in [3.63, 3.8) is 0 Å². The minimum absolute atomic E-state index is 0.108. The fourth-order valence-electron chi connectivity index (χ4n) is 3.76. The molecule has 0 saturated carbocycles. The van der Waals surface area contributed by atoms with Crippen molar-refractivity contribution in [2.24, 2.45) is 5.90 Å². The van der Waals surface area contributed by atoms with Crippen molar-refractivity contribution >= 4 is 23.8 Å². The highest BCUT2D eigenvalue weighted by Gasteiger charge is 2.19. The van der Waals surface area contributed by atoms with Gasteiger partial charge in [-0.15, -0.1) is 0 Å². The molecule has 6 N–H and O–H groups in total. The van der Waals surface area contributed by atoms with Gasteiger partial charge in [0.05, 0.1) is 32.8 Å². The summed E-state index contributed by atoms with van der Waals surface area (Å²) in [6.07, 6.45) is 1.14. The van der Waals surface area contributed by atoms with Crippen molar-refractivity contribution < 1.29 is 39.3 Å². The van der Waals surface area contributed by atoms with E-state index in [1.807, 2.05) is 4.90 Å². The van der Waals surface area contributed by atoms with Gasteiger partial charge in [0.15, 0.2) is 0 Å². The Kier molecular flexibility index (Phi) is 14.9. The summed E-state index contributed by atoms with van der Waals surface area (Å²) in [6.45, 7) is 3.59. The van der Waals surface area contributed by atoms with Gasteiger partial charge in [0.25, 0.3) is 0 Å². The predicted molar refractivity (Wildman–Crippen MR) is 121 cm³/mol. The summed E-state index contributed by atoms with van der Waals surface area (Å²) in [6, 6.07) is 0. The molecular formula is C20H38N6O8.